The van der Waals surface area contributed by atoms with Gasteiger partial charge in [-0.1, -0.05) is 41.9 Å². The van der Waals surface area contributed by atoms with Gasteiger partial charge in [0.1, 0.15) is 0 Å². The van der Waals surface area contributed by atoms with Gasteiger partial charge in [-0.05, 0) is 23.5 Å². The summed E-state index contributed by atoms with van der Waals surface area (Å²) in [5.41, 5.74) is 1.03. The third-order valence-corrected chi connectivity index (χ3v) is 5.84. The fourth-order valence-corrected chi connectivity index (χ4v) is 4.61. The number of likely N-dealkylation sites (tertiary alicyclic amines) is 1. The van der Waals surface area contributed by atoms with Crippen LogP contribution >= 0.6 is 11.6 Å². The minimum atomic E-state index is -0.661. The van der Waals surface area contributed by atoms with Gasteiger partial charge in [-0.3, -0.25) is 9.78 Å². The number of aliphatic hydroxyl groups excluding tert-OH is 2. The van der Waals surface area contributed by atoms with E-state index in [1.807, 2.05) is 30.3 Å². The molecule has 25 heavy (non-hydrogen) atoms. The van der Waals surface area contributed by atoms with Crippen LogP contribution in [0.15, 0.2) is 48.8 Å². The molecule has 2 fully saturated rings. The molecule has 2 heterocycles. The predicted octanol–water partition coefficient (Wildman–Crippen LogP) is 1.94. The number of benzene rings is 1. The summed E-state index contributed by atoms with van der Waals surface area (Å²) in [6.45, 7) is 0.673. The number of carbonyl (C=O) groups is 1. The molecule has 1 aliphatic carbocycles. The van der Waals surface area contributed by atoms with E-state index in [1.54, 1.807) is 11.0 Å². The Balaban J connectivity index is 1.60. The number of aromatic nitrogens is 1. The van der Waals surface area contributed by atoms with E-state index in [9.17, 15) is 15.0 Å². The van der Waals surface area contributed by atoms with Crippen molar-refractivity contribution in [2.24, 2.45) is 11.3 Å². The second-order valence-electron chi connectivity index (χ2n) is 6.88. The van der Waals surface area contributed by atoms with Gasteiger partial charge in [0.2, 0.25) is 0 Å². The van der Waals surface area contributed by atoms with Crippen LogP contribution in [0, 0.1) is 11.3 Å². The first-order chi connectivity index (χ1) is 12.1. The molecule has 1 spiro atoms. The van der Waals surface area contributed by atoms with Crippen LogP contribution in [-0.4, -0.2) is 51.8 Å². The number of β-amino-alcohol motifs (C(OH)–C–C–N with tert-alkyl or cyclic N) is 1. The summed E-state index contributed by atoms with van der Waals surface area (Å²) in [5, 5.41) is 20.9. The Morgan fingerprint density at radius 2 is 2.08 bits per heavy atom. The second kappa shape index (κ2) is 6.09. The summed E-state index contributed by atoms with van der Waals surface area (Å²) in [7, 11) is 0. The average molecular weight is 359 g/mol. The maximum Gasteiger partial charge on any atom is 0.255 e. The summed E-state index contributed by atoms with van der Waals surface area (Å²) in [6, 6.07) is 11.5. The van der Waals surface area contributed by atoms with Crippen molar-refractivity contribution >= 4 is 17.5 Å². The smallest absolute Gasteiger partial charge is 0.255 e. The molecule has 2 aliphatic rings. The fraction of sp³-hybridized carbons (Fsp3) is 0.368. The standard InChI is InChI=1S/C19H19ClN2O3/c20-14-6-13(7-21-8-14)18(25)22-9-16(24)19(11-22)15(10-23)17(19)12-4-2-1-3-5-12/h1-8,15-17,23-24H,9-11H2/t15-,16-,17-,19-/m1/s1. The minimum absolute atomic E-state index is 0.00261. The number of hydrogen-bond acceptors (Lipinski definition) is 4. The van der Waals surface area contributed by atoms with Crippen molar-refractivity contribution in [3.63, 3.8) is 0 Å². The third-order valence-electron chi connectivity index (χ3n) is 5.64. The van der Waals surface area contributed by atoms with E-state index < -0.39 is 11.5 Å². The SMILES string of the molecule is O=C(c1cncc(Cl)c1)N1C[C@@H](O)[C@@]2(C1)[C@H](CO)[C@H]2c1ccccc1. The van der Waals surface area contributed by atoms with E-state index in [0.29, 0.717) is 17.1 Å². The molecular weight excluding hydrogens is 340 g/mol. The number of pyridine rings is 1. The van der Waals surface area contributed by atoms with Gasteiger partial charge < -0.3 is 15.1 Å². The lowest BCUT2D eigenvalue weighted by molar-refractivity contribution is 0.0763. The van der Waals surface area contributed by atoms with E-state index in [4.69, 9.17) is 11.6 Å². The monoisotopic (exact) mass is 358 g/mol. The van der Waals surface area contributed by atoms with Crippen LogP contribution < -0.4 is 0 Å². The normalized spacial score (nSPS) is 30.7. The molecule has 2 N–H and O–H groups in total. The predicted molar refractivity (Wildman–Crippen MR) is 93.3 cm³/mol. The highest BCUT2D eigenvalue weighted by Gasteiger charge is 2.71. The van der Waals surface area contributed by atoms with Crippen LogP contribution in [-0.2, 0) is 0 Å². The van der Waals surface area contributed by atoms with Crippen LogP contribution in [0.4, 0.5) is 0 Å². The van der Waals surface area contributed by atoms with Crippen LogP contribution in [0.25, 0.3) is 0 Å². The molecular formula is C19H19ClN2O3. The van der Waals surface area contributed by atoms with Gasteiger partial charge in [0.05, 0.1) is 16.7 Å². The zero-order valence-electron chi connectivity index (χ0n) is 13.5. The van der Waals surface area contributed by atoms with Gasteiger partial charge >= 0.3 is 0 Å². The summed E-state index contributed by atoms with van der Waals surface area (Å²) < 4.78 is 0. The van der Waals surface area contributed by atoms with Crippen LogP contribution in [0.2, 0.25) is 5.02 Å². The summed E-state index contributed by atoms with van der Waals surface area (Å²) >= 11 is 5.93. The Hall–Kier alpha value is -1.95. The highest BCUT2D eigenvalue weighted by atomic mass is 35.5. The number of aliphatic hydroxyl groups is 2. The van der Waals surface area contributed by atoms with Crippen molar-refractivity contribution < 1.29 is 15.0 Å². The molecule has 1 aromatic heterocycles. The third kappa shape index (κ3) is 2.54. The topological polar surface area (TPSA) is 73.7 Å². The van der Waals surface area contributed by atoms with Crippen molar-refractivity contribution in [2.45, 2.75) is 12.0 Å². The first-order valence-corrected chi connectivity index (χ1v) is 8.69. The lowest BCUT2D eigenvalue weighted by atomic mass is 9.95. The summed E-state index contributed by atoms with van der Waals surface area (Å²) in [5.74, 6) is -0.175. The fourth-order valence-electron chi connectivity index (χ4n) is 4.43. The Kier molecular flexibility index (Phi) is 4.02. The summed E-state index contributed by atoms with van der Waals surface area (Å²) in [6.07, 6.45) is 2.30. The largest absolute Gasteiger partial charge is 0.396 e. The van der Waals surface area contributed by atoms with Crippen LogP contribution in [0.3, 0.4) is 0 Å². The van der Waals surface area contributed by atoms with Crippen molar-refractivity contribution in [1.82, 2.24) is 9.88 Å². The first kappa shape index (κ1) is 16.5. The molecule has 5 nitrogen and oxygen atoms in total. The molecule has 1 aromatic carbocycles. The molecule has 1 saturated carbocycles. The molecule has 0 bridgehead atoms. The van der Waals surface area contributed by atoms with Crippen molar-refractivity contribution in [2.75, 3.05) is 19.7 Å². The van der Waals surface area contributed by atoms with Crippen molar-refractivity contribution in [3.05, 3.63) is 64.9 Å². The van der Waals surface area contributed by atoms with Gasteiger partial charge in [-0.15, -0.1) is 0 Å². The van der Waals surface area contributed by atoms with Gasteiger partial charge in [0, 0.05) is 37.5 Å². The number of nitrogens with zero attached hydrogens (tertiary/aromatic N) is 2. The van der Waals surface area contributed by atoms with E-state index in [0.717, 1.165) is 5.56 Å². The zero-order chi connectivity index (χ0) is 17.6. The van der Waals surface area contributed by atoms with E-state index in [1.165, 1.54) is 12.4 Å². The van der Waals surface area contributed by atoms with Crippen molar-refractivity contribution in [3.8, 4) is 0 Å². The van der Waals surface area contributed by atoms with E-state index >= 15 is 0 Å². The Labute approximate surface area is 150 Å². The van der Waals surface area contributed by atoms with Gasteiger partial charge in [0.15, 0.2) is 0 Å². The number of amides is 1. The molecule has 130 valence electrons. The maximum atomic E-state index is 12.8. The molecule has 1 aliphatic heterocycles. The number of carbonyl (C=O) groups excluding carboxylic acids is 1. The highest BCUT2D eigenvalue weighted by molar-refractivity contribution is 6.30. The molecule has 4 atom stereocenters. The zero-order valence-corrected chi connectivity index (χ0v) is 14.3. The molecule has 4 rings (SSSR count). The van der Waals surface area contributed by atoms with E-state index in [-0.39, 0.29) is 30.9 Å². The highest BCUT2D eigenvalue weighted by Crippen LogP contribution is 2.68. The molecule has 1 amide bonds. The van der Waals surface area contributed by atoms with Gasteiger partial charge in [-0.25, -0.2) is 0 Å². The average Bonchev–Trinajstić information content (AvgIpc) is 3.16. The summed E-state index contributed by atoms with van der Waals surface area (Å²) in [4.78, 5) is 18.4. The van der Waals surface area contributed by atoms with Gasteiger partial charge in [0.25, 0.3) is 5.91 Å². The maximum absolute atomic E-state index is 12.8. The molecule has 0 radical (unpaired) electrons. The number of hydrogen-bond donors (Lipinski definition) is 2. The minimum Gasteiger partial charge on any atom is -0.396 e. The van der Waals surface area contributed by atoms with Crippen molar-refractivity contribution in [1.29, 1.82) is 0 Å². The molecule has 0 unspecified atom stereocenters. The molecule has 6 heteroatoms. The second-order valence-corrected chi connectivity index (χ2v) is 7.32. The quantitative estimate of drug-likeness (QED) is 0.879. The first-order valence-electron chi connectivity index (χ1n) is 8.31. The number of halogens is 1. The number of rotatable bonds is 3. The molecule has 1 saturated heterocycles. The lowest BCUT2D eigenvalue weighted by Gasteiger charge is -2.17. The molecule has 2 aromatic rings. The Morgan fingerprint density at radius 1 is 1.32 bits per heavy atom. The van der Waals surface area contributed by atoms with Gasteiger partial charge in [-0.2, -0.15) is 0 Å². The van der Waals surface area contributed by atoms with Crippen LogP contribution in [0.1, 0.15) is 21.8 Å². The Bertz CT molecular complexity index is 800. The van der Waals surface area contributed by atoms with E-state index in [2.05, 4.69) is 4.98 Å². The lowest BCUT2D eigenvalue weighted by Crippen LogP contribution is -2.29. The Morgan fingerprint density at radius 3 is 2.76 bits per heavy atom. The van der Waals surface area contributed by atoms with Crippen LogP contribution in [0.5, 0.6) is 0 Å².